The lowest BCUT2D eigenvalue weighted by molar-refractivity contribution is -0.136. The highest BCUT2D eigenvalue weighted by molar-refractivity contribution is 6.23. The van der Waals surface area contributed by atoms with Gasteiger partial charge in [-0.15, -0.1) is 0 Å². The van der Waals surface area contributed by atoms with Crippen molar-refractivity contribution < 1.29 is 33.4 Å². The van der Waals surface area contributed by atoms with Gasteiger partial charge in [-0.1, -0.05) is 30.0 Å². The number of carbonyl (C=O) groups excluding carboxylic acids is 4. The molecule has 63 heavy (non-hydrogen) atoms. The standard InChI is InChI=1S/C50H46N6O7/c1-50(2,63-35-9-11-39-40(27-35)49(60)56(48(39)59)43-12-13-45(57)53-47(43)58)19-15-30-5-4-6-33(23-30)55-21-17-34(18-22-55)61-36-25-37(26-36)62-46-14-8-32(28-52-46)31-7-10-38-41-29-51-20-16-42(41)54(3)44(38)24-31/h4-11,14,16,20,23-24,27-29,34,36-37,43H,12-13,17-18,21-22,25-26H2,1-3H3,(H,53,57,58)/t36-,37-,43?. The molecule has 13 heteroatoms. The molecular weight excluding hydrogens is 797 g/mol. The summed E-state index contributed by atoms with van der Waals surface area (Å²) < 4.78 is 21.2. The molecule has 10 rings (SSSR count). The predicted molar refractivity (Wildman–Crippen MR) is 236 cm³/mol. The van der Waals surface area contributed by atoms with Crippen molar-refractivity contribution in [2.45, 2.75) is 82.3 Å². The van der Waals surface area contributed by atoms with E-state index in [9.17, 15) is 19.2 Å². The fourth-order valence-electron chi connectivity index (χ4n) is 9.11. The molecule has 13 nitrogen and oxygen atoms in total. The lowest BCUT2D eigenvalue weighted by Gasteiger charge is -2.40. The first kappa shape index (κ1) is 40.1. The Morgan fingerprint density at radius 1 is 0.778 bits per heavy atom. The topological polar surface area (TPSA) is 145 Å². The molecule has 2 saturated heterocycles. The van der Waals surface area contributed by atoms with Crippen molar-refractivity contribution in [2.75, 3.05) is 18.0 Å². The van der Waals surface area contributed by atoms with E-state index in [1.165, 1.54) is 17.5 Å². The minimum Gasteiger partial charge on any atom is -0.475 e. The van der Waals surface area contributed by atoms with Gasteiger partial charge in [0.15, 0.2) is 5.60 Å². The van der Waals surface area contributed by atoms with Gasteiger partial charge >= 0.3 is 0 Å². The normalized spacial score (nSPS) is 20.3. The van der Waals surface area contributed by atoms with E-state index < -0.39 is 35.3 Å². The number of rotatable bonds is 9. The first-order valence-corrected chi connectivity index (χ1v) is 21.5. The molecule has 1 N–H and O–H groups in total. The second-order valence-electron chi connectivity index (χ2n) is 17.3. The van der Waals surface area contributed by atoms with Crippen molar-refractivity contribution in [1.82, 2.24) is 24.8 Å². The molecule has 0 radical (unpaired) electrons. The van der Waals surface area contributed by atoms with Crippen LogP contribution >= 0.6 is 0 Å². The van der Waals surface area contributed by atoms with E-state index in [0.717, 1.165) is 82.5 Å². The van der Waals surface area contributed by atoms with E-state index in [1.54, 1.807) is 6.07 Å². The van der Waals surface area contributed by atoms with Gasteiger partial charge in [-0.2, -0.15) is 0 Å². The van der Waals surface area contributed by atoms with E-state index in [0.29, 0.717) is 11.6 Å². The molecule has 6 aromatic rings. The summed E-state index contributed by atoms with van der Waals surface area (Å²) in [7, 11) is 2.09. The first-order chi connectivity index (χ1) is 30.5. The van der Waals surface area contributed by atoms with Crippen molar-refractivity contribution in [3.05, 3.63) is 114 Å². The fraction of sp³-hybridized carbons (Fsp3) is 0.320. The minimum atomic E-state index is -1.03. The zero-order chi connectivity index (χ0) is 43.4. The molecule has 318 valence electrons. The maximum atomic E-state index is 13.3. The molecule has 1 saturated carbocycles. The quantitative estimate of drug-likeness (QED) is 0.119. The van der Waals surface area contributed by atoms with E-state index >= 15 is 0 Å². The van der Waals surface area contributed by atoms with Crippen LogP contribution in [0.1, 0.15) is 78.7 Å². The molecule has 1 aliphatic carbocycles. The maximum Gasteiger partial charge on any atom is 0.262 e. The molecule has 3 aromatic carbocycles. The number of anilines is 1. The van der Waals surface area contributed by atoms with Gasteiger partial charge in [-0.05, 0) is 93.3 Å². The Kier molecular flexibility index (Phi) is 10.2. The number of aryl methyl sites for hydroxylation is 1. The molecule has 0 spiro atoms. The number of amides is 4. The first-order valence-electron chi connectivity index (χ1n) is 21.5. The van der Waals surface area contributed by atoms with Crippen LogP contribution < -0.4 is 19.7 Å². The SMILES string of the molecule is Cn1c2ccncc2c2ccc(-c3ccc(O[C@H]4C[C@H](OC5CCN(c6cccc(C#CC(C)(C)Oc7ccc8c(c7)C(=O)N(C7CCC(=O)NC7=O)C8=O)c6)CC5)C4)nc3)cc21. The van der Waals surface area contributed by atoms with Crippen LogP contribution in [0.25, 0.3) is 32.9 Å². The fourth-order valence-corrected chi connectivity index (χ4v) is 9.11. The summed E-state index contributed by atoms with van der Waals surface area (Å²) in [5, 5.41) is 4.56. The van der Waals surface area contributed by atoms with Crippen LogP contribution in [0.4, 0.5) is 5.69 Å². The highest BCUT2D eigenvalue weighted by atomic mass is 16.5. The van der Waals surface area contributed by atoms with Gasteiger partial charge in [0.25, 0.3) is 11.8 Å². The van der Waals surface area contributed by atoms with Gasteiger partial charge in [0.1, 0.15) is 17.9 Å². The van der Waals surface area contributed by atoms with Gasteiger partial charge in [0.2, 0.25) is 17.7 Å². The van der Waals surface area contributed by atoms with Gasteiger partial charge in [0.05, 0.1) is 28.9 Å². The summed E-state index contributed by atoms with van der Waals surface area (Å²) in [6.07, 6.45) is 9.84. The number of nitrogens with one attached hydrogen (secondary N) is 1. The molecule has 3 fully saturated rings. The zero-order valence-electron chi connectivity index (χ0n) is 35.3. The highest BCUT2D eigenvalue weighted by Crippen LogP contribution is 2.35. The van der Waals surface area contributed by atoms with Gasteiger partial charge in [-0.25, -0.2) is 4.98 Å². The number of imide groups is 2. The van der Waals surface area contributed by atoms with Crippen LogP contribution in [0.3, 0.4) is 0 Å². The van der Waals surface area contributed by atoms with E-state index in [2.05, 4.69) is 80.0 Å². The maximum absolute atomic E-state index is 13.3. The monoisotopic (exact) mass is 842 g/mol. The average molecular weight is 843 g/mol. The van der Waals surface area contributed by atoms with E-state index in [-0.39, 0.29) is 42.3 Å². The van der Waals surface area contributed by atoms with Crippen LogP contribution in [-0.4, -0.2) is 86.1 Å². The highest BCUT2D eigenvalue weighted by Gasteiger charge is 2.45. The van der Waals surface area contributed by atoms with E-state index in [1.807, 2.05) is 56.7 Å². The third-order valence-electron chi connectivity index (χ3n) is 12.5. The molecule has 6 heterocycles. The summed E-state index contributed by atoms with van der Waals surface area (Å²) in [5.41, 5.74) is 5.83. The summed E-state index contributed by atoms with van der Waals surface area (Å²) in [4.78, 5) is 62.7. The molecule has 4 aliphatic rings. The number of pyridine rings is 2. The van der Waals surface area contributed by atoms with Crippen LogP contribution in [0.2, 0.25) is 0 Å². The molecule has 3 aliphatic heterocycles. The molecule has 0 bridgehead atoms. The Balaban J connectivity index is 0.687. The van der Waals surface area contributed by atoms with Crippen molar-refractivity contribution in [3.8, 4) is 34.6 Å². The Morgan fingerprint density at radius 2 is 1.59 bits per heavy atom. The Hall–Kier alpha value is -7.04. The van der Waals surface area contributed by atoms with Crippen LogP contribution in [0.5, 0.6) is 11.6 Å². The predicted octanol–water partition coefficient (Wildman–Crippen LogP) is 6.99. The third-order valence-corrected chi connectivity index (χ3v) is 12.5. The summed E-state index contributed by atoms with van der Waals surface area (Å²) in [5.74, 6) is 5.26. The van der Waals surface area contributed by atoms with Crippen molar-refractivity contribution in [1.29, 1.82) is 0 Å². The average Bonchev–Trinajstić information content (AvgIpc) is 3.70. The largest absolute Gasteiger partial charge is 0.475 e. The van der Waals surface area contributed by atoms with Gasteiger partial charge in [-0.3, -0.25) is 34.4 Å². The molecule has 3 aromatic heterocycles. The molecule has 4 amide bonds. The van der Waals surface area contributed by atoms with Crippen LogP contribution in [0.15, 0.2) is 97.5 Å². The number of hydrogen-bond donors (Lipinski definition) is 1. The lowest BCUT2D eigenvalue weighted by Crippen LogP contribution is -2.54. The number of aromatic nitrogens is 3. The number of carbonyl (C=O) groups is 4. The summed E-state index contributed by atoms with van der Waals surface area (Å²) in [6.45, 7) is 5.43. The van der Waals surface area contributed by atoms with E-state index in [4.69, 9.17) is 14.2 Å². The van der Waals surface area contributed by atoms with Crippen LogP contribution in [-0.2, 0) is 21.4 Å². The Morgan fingerprint density at radius 3 is 2.38 bits per heavy atom. The second-order valence-corrected chi connectivity index (χ2v) is 17.3. The third kappa shape index (κ3) is 7.87. The molecule has 1 unspecified atom stereocenters. The molecular formula is C50H46N6O7. The number of benzene rings is 3. The minimum absolute atomic E-state index is 0.0573. The number of nitrogens with zero attached hydrogens (tertiary/aromatic N) is 5. The number of fused-ring (bicyclic) bond motifs is 4. The smallest absolute Gasteiger partial charge is 0.262 e. The van der Waals surface area contributed by atoms with Crippen molar-refractivity contribution >= 4 is 51.1 Å². The zero-order valence-corrected chi connectivity index (χ0v) is 35.3. The lowest BCUT2D eigenvalue weighted by atomic mass is 9.91. The summed E-state index contributed by atoms with van der Waals surface area (Å²) in [6, 6.07) is 24.4. The number of piperidine rings is 2. The van der Waals surface area contributed by atoms with Crippen molar-refractivity contribution in [2.24, 2.45) is 7.05 Å². The Bertz CT molecular complexity index is 2880. The summed E-state index contributed by atoms with van der Waals surface area (Å²) >= 11 is 0. The van der Waals surface area contributed by atoms with Crippen LogP contribution in [0, 0.1) is 11.8 Å². The number of ether oxygens (including phenoxy) is 3. The van der Waals surface area contributed by atoms with Gasteiger partial charge < -0.3 is 23.7 Å². The second kappa shape index (κ2) is 16.0. The Labute approximate surface area is 364 Å². The molecule has 1 atom stereocenters. The van der Waals surface area contributed by atoms with Crippen molar-refractivity contribution in [3.63, 3.8) is 0 Å². The van der Waals surface area contributed by atoms with Gasteiger partial charge in [0, 0.05) is 97.2 Å². The number of hydrogen-bond acceptors (Lipinski definition) is 10.